The van der Waals surface area contributed by atoms with Crippen molar-refractivity contribution in [1.82, 2.24) is 0 Å². The maximum absolute atomic E-state index is 14.4. The molecule has 0 atom stereocenters. The van der Waals surface area contributed by atoms with Gasteiger partial charge in [-0.3, -0.25) is 4.79 Å². The van der Waals surface area contributed by atoms with Crippen LogP contribution in [0.2, 0.25) is 0 Å². The fourth-order valence-corrected chi connectivity index (χ4v) is 3.76. The van der Waals surface area contributed by atoms with Crippen molar-refractivity contribution in [2.75, 3.05) is 13.4 Å². The van der Waals surface area contributed by atoms with Crippen molar-refractivity contribution >= 4 is 33.2 Å². The van der Waals surface area contributed by atoms with Crippen LogP contribution in [0.25, 0.3) is 17.4 Å². The fourth-order valence-electron chi connectivity index (χ4n) is 3.13. The Bertz CT molecular complexity index is 1140. The number of carbonyl (C=O) groups is 1. The monoisotopic (exact) mass is 416 g/mol. The lowest BCUT2D eigenvalue weighted by Gasteiger charge is -2.09. The molecule has 0 saturated carbocycles. The first-order valence-electron chi connectivity index (χ1n) is 8.97. The highest BCUT2D eigenvalue weighted by atomic mass is 32.2. The second-order valence-corrected chi connectivity index (χ2v) is 8.73. The number of hydrogen-bond donors (Lipinski definition) is 0. The number of halogens is 1. The average molecular weight is 416 g/mol. The second-order valence-electron chi connectivity index (χ2n) is 6.71. The molecule has 2 aromatic carbocycles. The molecule has 5 nitrogen and oxygen atoms in total. The first kappa shape index (κ1) is 20.8. The van der Waals surface area contributed by atoms with E-state index in [1.54, 1.807) is 32.1 Å². The van der Waals surface area contributed by atoms with Gasteiger partial charge in [0.05, 0.1) is 12.0 Å². The summed E-state index contributed by atoms with van der Waals surface area (Å²) in [6, 6.07) is 9.24. The summed E-state index contributed by atoms with van der Waals surface area (Å²) in [5.74, 6) is -0.503. The molecule has 0 amide bonds. The maximum Gasteiger partial charge on any atom is 0.310 e. The van der Waals surface area contributed by atoms with Crippen LogP contribution in [0.3, 0.4) is 0 Å². The van der Waals surface area contributed by atoms with Crippen molar-refractivity contribution in [3.63, 3.8) is 0 Å². The largest absolute Gasteiger partial charge is 0.494 e. The van der Waals surface area contributed by atoms with E-state index in [9.17, 15) is 17.6 Å². The molecule has 7 heteroatoms. The van der Waals surface area contributed by atoms with E-state index in [0.717, 1.165) is 11.8 Å². The van der Waals surface area contributed by atoms with Crippen molar-refractivity contribution in [1.29, 1.82) is 0 Å². The second kappa shape index (κ2) is 7.83. The molecule has 2 aromatic rings. The molecule has 0 aromatic heterocycles. The van der Waals surface area contributed by atoms with E-state index in [1.165, 1.54) is 31.4 Å². The SMILES string of the molecule is CCC(=O)OC1=C(C)C(=Cc2ccc(S(C)(=O)=O)cc2)c2cc(F)c(OC)cc21. The van der Waals surface area contributed by atoms with Crippen LogP contribution in [0, 0.1) is 5.82 Å². The van der Waals surface area contributed by atoms with Crippen LogP contribution in [-0.4, -0.2) is 27.8 Å². The molecular weight excluding hydrogens is 395 g/mol. The van der Waals surface area contributed by atoms with Crippen LogP contribution >= 0.6 is 0 Å². The minimum Gasteiger partial charge on any atom is -0.494 e. The lowest BCUT2D eigenvalue weighted by atomic mass is 10.0. The van der Waals surface area contributed by atoms with Gasteiger partial charge in [-0.1, -0.05) is 19.1 Å². The van der Waals surface area contributed by atoms with Crippen LogP contribution < -0.4 is 4.74 Å². The van der Waals surface area contributed by atoms with Crippen molar-refractivity contribution in [3.8, 4) is 5.75 Å². The molecule has 152 valence electrons. The number of hydrogen-bond acceptors (Lipinski definition) is 5. The zero-order valence-electron chi connectivity index (χ0n) is 16.6. The summed E-state index contributed by atoms with van der Waals surface area (Å²) < 4.78 is 48.3. The van der Waals surface area contributed by atoms with Crippen LogP contribution in [0.15, 0.2) is 46.9 Å². The third-order valence-corrected chi connectivity index (χ3v) is 5.82. The minimum atomic E-state index is -3.30. The van der Waals surface area contributed by atoms with E-state index >= 15 is 0 Å². The first-order valence-corrected chi connectivity index (χ1v) is 10.9. The third-order valence-electron chi connectivity index (χ3n) is 4.70. The first-order chi connectivity index (χ1) is 13.7. The van der Waals surface area contributed by atoms with Crippen molar-refractivity contribution < 1.29 is 27.1 Å². The highest BCUT2D eigenvalue weighted by Crippen LogP contribution is 2.45. The van der Waals surface area contributed by atoms with Gasteiger partial charge >= 0.3 is 5.97 Å². The molecule has 0 radical (unpaired) electrons. The topological polar surface area (TPSA) is 69.7 Å². The smallest absolute Gasteiger partial charge is 0.310 e. The maximum atomic E-state index is 14.4. The van der Waals surface area contributed by atoms with E-state index < -0.39 is 21.6 Å². The minimum absolute atomic E-state index is 0.0559. The molecule has 0 saturated heterocycles. The number of ether oxygens (including phenoxy) is 2. The number of methoxy groups -OCH3 is 1. The summed E-state index contributed by atoms with van der Waals surface area (Å²) in [5, 5.41) is 0. The summed E-state index contributed by atoms with van der Waals surface area (Å²) in [6.45, 7) is 3.48. The van der Waals surface area contributed by atoms with Gasteiger partial charge in [0, 0.05) is 23.8 Å². The van der Waals surface area contributed by atoms with Gasteiger partial charge in [-0.2, -0.15) is 0 Å². The van der Waals surface area contributed by atoms with E-state index in [0.29, 0.717) is 28.0 Å². The zero-order valence-corrected chi connectivity index (χ0v) is 17.4. The molecule has 0 fully saturated rings. The molecule has 1 aliphatic rings. The number of benzene rings is 2. The molecule has 0 spiro atoms. The van der Waals surface area contributed by atoms with E-state index in [1.807, 2.05) is 0 Å². The lowest BCUT2D eigenvalue weighted by Crippen LogP contribution is -2.02. The summed E-state index contributed by atoms with van der Waals surface area (Å²) in [5.41, 5.74) is 3.25. The molecule has 0 bridgehead atoms. The Morgan fingerprint density at radius 1 is 1.14 bits per heavy atom. The predicted octanol–water partition coefficient (Wildman–Crippen LogP) is 4.48. The zero-order chi connectivity index (χ0) is 21.3. The van der Waals surface area contributed by atoms with Crippen molar-refractivity contribution in [2.24, 2.45) is 0 Å². The van der Waals surface area contributed by atoms with E-state index in [-0.39, 0.29) is 17.1 Å². The summed E-state index contributed by atoms with van der Waals surface area (Å²) >= 11 is 0. The molecule has 0 aliphatic heterocycles. The Hall–Kier alpha value is -2.93. The molecule has 3 rings (SSSR count). The number of allylic oxidation sites excluding steroid dienone is 2. The molecular formula is C22H21FO5S. The van der Waals surface area contributed by atoms with Gasteiger partial charge < -0.3 is 9.47 Å². The van der Waals surface area contributed by atoms with Gasteiger partial charge in [0.2, 0.25) is 0 Å². The molecule has 0 unspecified atom stereocenters. The summed E-state index contributed by atoms with van der Waals surface area (Å²) in [6.07, 6.45) is 3.15. The van der Waals surface area contributed by atoms with E-state index in [2.05, 4.69) is 0 Å². The van der Waals surface area contributed by atoms with Gasteiger partial charge in [0.1, 0.15) is 5.76 Å². The molecule has 1 aliphatic carbocycles. The Balaban J connectivity index is 2.14. The van der Waals surface area contributed by atoms with Gasteiger partial charge in [-0.15, -0.1) is 0 Å². The number of fused-ring (bicyclic) bond motifs is 1. The Morgan fingerprint density at radius 3 is 2.34 bits per heavy atom. The normalized spacial score (nSPS) is 14.9. The molecule has 29 heavy (non-hydrogen) atoms. The summed E-state index contributed by atoms with van der Waals surface area (Å²) in [4.78, 5) is 12.1. The molecule has 0 heterocycles. The van der Waals surface area contributed by atoms with Crippen molar-refractivity contribution in [3.05, 3.63) is 64.5 Å². The number of carbonyl (C=O) groups excluding carboxylic acids is 1. The van der Waals surface area contributed by atoms with Gasteiger partial charge in [0.25, 0.3) is 0 Å². The van der Waals surface area contributed by atoms with Crippen LogP contribution in [0.1, 0.15) is 37.0 Å². The summed E-state index contributed by atoms with van der Waals surface area (Å²) in [7, 11) is -1.93. The predicted molar refractivity (Wildman–Crippen MR) is 109 cm³/mol. The van der Waals surface area contributed by atoms with Gasteiger partial charge in [-0.05, 0) is 54.0 Å². The molecule has 0 N–H and O–H groups in total. The van der Waals surface area contributed by atoms with Crippen molar-refractivity contribution in [2.45, 2.75) is 25.2 Å². The van der Waals surface area contributed by atoms with Crippen LogP contribution in [0.5, 0.6) is 5.75 Å². The average Bonchev–Trinajstić information content (AvgIpc) is 2.91. The number of esters is 1. The highest BCUT2D eigenvalue weighted by molar-refractivity contribution is 7.90. The van der Waals surface area contributed by atoms with Crippen LogP contribution in [-0.2, 0) is 19.4 Å². The Labute approximate surface area is 169 Å². The lowest BCUT2D eigenvalue weighted by molar-refractivity contribution is -0.136. The van der Waals surface area contributed by atoms with Crippen LogP contribution in [0.4, 0.5) is 4.39 Å². The number of rotatable bonds is 5. The fraction of sp³-hybridized carbons (Fsp3) is 0.227. The number of sulfone groups is 1. The Kier molecular flexibility index (Phi) is 5.61. The Morgan fingerprint density at radius 2 is 1.79 bits per heavy atom. The highest BCUT2D eigenvalue weighted by Gasteiger charge is 2.29. The standard InChI is InChI=1S/C22H21FO5S/c1-5-21(24)28-22-13(2)16(17-11-19(23)20(27-3)12-18(17)22)10-14-6-8-15(9-7-14)29(4,25)26/h6-12H,5H2,1-4H3. The van der Waals surface area contributed by atoms with Gasteiger partial charge in [-0.25, -0.2) is 12.8 Å². The third kappa shape index (κ3) is 4.10. The van der Waals surface area contributed by atoms with Gasteiger partial charge in [0.15, 0.2) is 21.4 Å². The van der Waals surface area contributed by atoms with E-state index in [4.69, 9.17) is 9.47 Å². The quantitative estimate of drug-likeness (QED) is 0.673.